The SMILES string of the molecule is CC(C)CC(O)CNC(=O)Nc1ccc(C#N)c(C(F)(F)F)c1. The average molecular weight is 329 g/mol. The van der Waals surface area contributed by atoms with Gasteiger partial charge in [-0.1, -0.05) is 13.8 Å². The second kappa shape index (κ2) is 7.83. The van der Waals surface area contributed by atoms with Gasteiger partial charge in [0.05, 0.1) is 23.3 Å². The lowest BCUT2D eigenvalue weighted by molar-refractivity contribution is -0.137. The van der Waals surface area contributed by atoms with Crippen LogP contribution in [-0.2, 0) is 6.18 Å². The fraction of sp³-hybridized carbons (Fsp3) is 0.467. The van der Waals surface area contributed by atoms with Crippen LogP contribution in [0.4, 0.5) is 23.7 Å². The second-order valence-corrected chi connectivity index (χ2v) is 5.49. The van der Waals surface area contributed by atoms with E-state index < -0.39 is 29.4 Å². The molecule has 1 aromatic rings. The first-order chi connectivity index (χ1) is 10.6. The molecule has 23 heavy (non-hydrogen) atoms. The van der Waals surface area contributed by atoms with E-state index in [1.807, 2.05) is 13.8 Å². The Labute approximate surface area is 132 Å². The summed E-state index contributed by atoms with van der Waals surface area (Å²) in [5.74, 6) is 0.253. The molecule has 1 atom stereocenters. The number of aliphatic hydroxyl groups excluding tert-OH is 1. The van der Waals surface area contributed by atoms with Gasteiger partial charge in [0.25, 0.3) is 0 Å². The molecular weight excluding hydrogens is 311 g/mol. The Morgan fingerprint density at radius 2 is 2.04 bits per heavy atom. The quantitative estimate of drug-likeness (QED) is 0.776. The van der Waals surface area contributed by atoms with Crippen LogP contribution in [0.3, 0.4) is 0 Å². The number of nitrogens with one attached hydrogen (secondary N) is 2. The zero-order valence-electron chi connectivity index (χ0n) is 12.7. The van der Waals surface area contributed by atoms with E-state index in [0.29, 0.717) is 12.5 Å². The van der Waals surface area contributed by atoms with Crippen molar-refractivity contribution in [1.29, 1.82) is 5.26 Å². The molecule has 126 valence electrons. The molecule has 0 fully saturated rings. The molecule has 0 bridgehead atoms. The van der Waals surface area contributed by atoms with Crippen molar-refractivity contribution in [2.24, 2.45) is 5.92 Å². The van der Waals surface area contributed by atoms with E-state index in [0.717, 1.165) is 6.07 Å². The van der Waals surface area contributed by atoms with Crippen LogP contribution in [0.25, 0.3) is 0 Å². The largest absolute Gasteiger partial charge is 0.417 e. The summed E-state index contributed by atoms with van der Waals surface area (Å²) in [7, 11) is 0. The number of nitrogens with zero attached hydrogens (tertiary/aromatic N) is 1. The molecule has 8 heteroatoms. The number of amides is 2. The van der Waals surface area contributed by atoms with Crippen molar-refractivity contribution in [2.75, 3.05) is 11.9 Å². The maximum absolute atomic E-state index is 12.8. The number of alkyl halides is 3. The standard InChI is InChI=1S/C15H18F3N3O2/c1-9(2)5-12(22)8-20-14(23)21-11-4-3-10(7-19)13(6-11)15(16,17)18/h3-4,6,9,12,22H,5,8H2,1-2H3,(H2,20,21,23). The number of anilines is 1. The number of hydrogen-bond acceptors (Lipinski definition) is 3. The summed E-state index contributed by atoms with van der Waals surface area (Å²) >= 11 is 0. The summed E-state index contributed by atoms with van der Waals surface area (Å²) in [6, 6.07) is 3.62. The maximum atomic E-state index is 12.8. The number of benzene rings is 1. The second-order valence-electron chi connectivity index (χ2n) is 5.49. The highest BCUT2D eigenvalue weighted by Crippen LogP contribution is 2.33. The van der Waals surface area contributed by atoms with Crippen LogP contribution in [0.2, 0.25) is 0 Å². The van der Waals surface area contributed by atoms with Crippen LogP contribution in [-0.4, -0.2) is 23.8 Å². The fourth-order valence-electron chi connectivity index (χ4n) is 1.97. The van der Waals surface area contributed by atoms with Gasteiger partial charge in [0.2, 0.25) is 0 Å². The van der Waals surface area contributed by atoms with E-state index in [2.05, 4.69) is 10.6 Å². The molecule has 3 N–H and O–H groups in total. The lowest BCUT2D eigenvalue weighted by Gasteiger charge is -2.15. The van der Waals surface area contributed by atoms with Gasteiger partial charge in [-0.3, -0.25) is 0 Å². The lowest BCUT2D eigenvalue weighted by atomic mass is 10.1. The van der Waals surface area contributed by atoms with Crippen LogP contribution >= 0.6 is 0 Å². The Morgan fingerprint density at radius 1 is 1.39 bits per heavy atom. The zero-order valence-corrected chi connectivity index (χ0v) is 12.7. The molecule has 1 rings (SSSR count). The number of carbonyl (C=O) groups excluding carboxylic acids is 1. The third-order valence-corrected chi connectivity index (χ3v) is 2.95. The first-order valence-corrected chi connectivity index (χ1v) is 6.97. The minimum absolute atomic E-state index is 0.00752. The normalized spacial score (nSPS) is 12.6. The van der Waals surface area contributed by atoms with Crippen LogP contribution in [0.5, 0.6) is 0 Å². The van der Waals surface area contributed by atoms with Gasteiger partial charge in [0.15, 0.2) is 0 Å². The third kappa shape index (κ3) is 6.16. The van der Waals surface area contributed by atoms with E-state index in [1.165, 1.54) is 12.1 Å². The monoisotopic (exact) mass is 329 g/mol. The van der Waals surface area contributed by atoms with Gasteiger partial charge in [-0.25, -0.2) is 4.79 Å². The van der Waals surface area contributed by atoms with E-state index in [-0.39, 0.29) is 18.2 Å². The van der Waals surface area contributed by atoms with Crippen molar-refractivity contribution in [1.82, 2.24) is 5.32 Å². The minimum atomic E-state index is -4.69. The summed E-state index contributed by atoms with van der Waals surface area (Å²) < 4.78 is 38.4. The first-order valence-electron chi connectivity index (χ1n) is 6.97. The van der Waals surface area contributed by atoms with Gasteiger partial charge in [0.1, 0.15) is 0 Å². The highest BCUT2D eigenvalue weighted by Gasteiger charge is 2.33. The van der Waals surface area contributed by atoms with Gasteiger partial charge < -0.3 is 15.7 Å². The Morgan fingerprint density at radius 3 is 2.57 bits per heavy atom. The van der Waals surface area contributed by atoms with E-state index in [9.17, 15) is 23.1 Å². The number of halogens is 3. The van der Waals surface area contributed by atoms with Gasteiger partial charge >= 0.3 is 12.2 Å². The number of urea groups is 1. The molecule has 0 heterocycles. The Bertz CT molecular complexity index is 595. The summed E-state index contributed by atoms with van der Waals surface area (Å²) in [4.78, 5) is 11.6. The van der Waals surface area contributed by atoms with Gasteiger partial charge in [-0.2, -0.15) is 18.4 Å². The molecule has 0 saturated heterocycles. The number of carbonyl (C=O) groups is 1. The number of aliphatic hydroxyl groups is 1. The molecule has 0 aromatic heterocycles. The van der Waals surface area contributed by atoms with Crippen molar-refractivity contribution in [3.63, 3.8) is 0 Å². The zero-order chi connectivity index (χ0) is 17.6. The summed E-state index contributed by atoms with van der Waals surface area (Å²) in [5.41, 5.74) is -1.72. The summed E-state index contributed by atoms with van der Waals surface area (Å²) in [6.07, 6.45) is -4.92. The molecule has 1 unspecified atom stereocenters. The van der Waals surface area contributed by atoms with Crippen LogP contribution < -0.4 is 10.6 Å². The minimum Gasteiger partial charge on any atom is -0.391 e. The average Bonchev–Trinajstić information content (AvgIpc) is 2.43. The van der Waals surface area contributed by atoms with E-state index in [4.69, 9.17) is 5.26 Å². The lowest BCUT2D eigenvalue weighted by Crippen LogP contribution is -2.35. The Hall–Kier alpha value is -2.27. The predicted octanol–water partition coefficient (Wildman–Crippen LogP) is 3.11. The van der Waals surface area contributed by atoms with Crippen LogP contribution in [0.1, 0.15) is 31.4 Å². The molecule has 0 saturated carbocycles. The molecule has 5 nitrogen and oxygen atoms in total. The maximum Gasteiger partial charge on any atom is 0.417 e. The van der Waals surface area contributed by atoms with Crippen LogP contribution in [0.15, 0.2) is 18.2 Å². The topological polar surface area (TPSA) is 85.2 Å². The third-order valence-electron chi connectivity index (χ3n) is 2.95. The predicted molar refractivity (Wildman–Crippen MR) is 78.6 cm³/mol. The molecular formula is C15H18F3N3O2. The molecule has 0 aliphatic heterocycles. The molecule has 0 aliphatic rings. The van der Waals surface area contributed by atoms with Gasteiger partial charge in [0, 0.05) is 12.2 Å². The van der Waals surface area contributed by atoms with Crippen LogP contribution in [0, 0.1) is 17.2 Å². The smallest absolute Gasteiger partial charge is 0.391 e. The first kappa shape index (κ1) is 18.8. The van der Waals surface area contributed by atoms with Gasteiger partial charge in [-0.15, -0.1) is 0 Å². The van der Waals surface area contributed by atoms with Crippen molar-refractivity contribution < 1.29 is 23.1 Å². The highest BCUT2D eigenvalue weighted by atomic mass is 19.4. The Kier molecular flexibility index (Phi) is 6.39. The van der Waals surface area contributed by atoms with Crippen molar-refractivity contribution in [3.05, 3.63) is 29.3 Å². The molecule has 0 spiro atoms. The summed E-state index contributed by atoms with van der Waals surface area (Å²) in [6.45, 7) is 3.82. The van der Waals surface area contributed by atoms with Gasteiger partial charge in [-0.05, 0) is 30.5 Å². The van der Waals surface area contributed by atoms with Crippen molar-refractivity contribution in [3.8, 4) is 6.07 Å². The number of rotatable bonds is 5. The molecule has 0 radical (unpaired) electrons. The molecule has 0 aliphatic carbocycles. The fourth-order valence-corrected chi connectivity index (χ4v) is 1.97. The van der Waals surface area contributed by atoms with Crippen molar-refractivity contribution in [2.45, 2.75) is 32.5 Å². The van der Waals surface area contributed by atoms with E-state index >= 15 is 0 Å². The number of nitriles is 1. The van der Waals surface area contributed by atoms with E-state index in [1.54, 1.807) is 0 Å². The molecule has 2 amide bonds. The molecule has 1 aromatic carbocycles. The highest BCUT2D eigenvalue weighted by molar-refractivity contribution is 5.89. The summed E-state index contributed by atoms with van der Waals surface area (Å²) in [5, 5.41) is 22.9. The number of hydrogen-bond donors (Lipinski definition) is 3. The van der Waals surface area contributed by atoms with Crippen molar-refractivity contribution >= 4 is 11.7 Å². The Balaban J connectivity index is 2.71.